The largest absolute Gasteiger partial charge is 0.481 e. The number of halogens is 2. The number of nitrogens with one attached hydrogen (secondary N) is 3. The van der Waals surface area contributed by atoms with Gasteiger partial charge in [-0.2, -0.15) is 0 Å². The normalized spacial score (nSPS) is 16.2. The predicted molar refractivity (Wildman–Crippen MR) is 179 cm³/mol. The lowest BCUT2D eigenvalue weighted by Crippen LogP contribution is -2.15. The van der Waals surface area contributed by atoms with Crippen molar-refractivity contribution in [3.63, 3.8) is 0 Å². The van der Waals surface area contributed by atoms with Gasteiger partial charge in [0.1, 0.15) is 0 Å². The molecular formula is C33H36Cl2N4O6. The maximum atomic E-state index is 12.3. The summed E-state index contributed by atoms with van der Waals surface area (Å²) in [4.78, 5) is 58.4. The molecule has 0 spiro atoms. The molecule has 2 amide bonds. The standard InChI is InChI=1S/C33H34N4O6.2ClH/c1-7-20-19(6)32(42)37-27(20)14-25-18(5)23(10-12-31(40)41)29(35-25)15-28-22(9-11-30(38)39)17(4)24(34-28)13-26-16(3)21(8-2)33(43)36-26;;/h7-8,13-15,34-35H,1-2,9-12H2,3-6H3,(H,37,42)(H,38,39)(H,40,41);2*1H/b24-13-,27-14-,28-15-;;. The van der Waals surface area contributed by atoms with E-state index in [0.29, 0.717) is 55.8 Å². The molecule has 0 aromatic carbocycles. The topological polar surface area (TPSA) is 165 Å². The number of amides is 2. The van der Waals surface area contributed by atoms with Crippen molar-refractivity contribution in [3.05, 3.63) is 97.6 Å². The molecule has 10 nitrogen and oxygen atoms in total. The molecule has 2 aromatic rings. The second-order valence-corrected chi connectivity index (χ2v) is 10.5. The van der Waals surface area contributed by atoms with Crippen LogP contribution in [0.2, 0.25) is 0 Å². The molecule has 4 rings (SSSR count). The van der Waals surface area contributed by atoms with Crippen LogP contribution in [0.25, 0.3) is 18.2 Å². The van der Waals surface area contributed by atoms with Gasteiger partial charge in [0.05, 0.1) is 11.4 Å². The fraction of sp³-hybridized carbons (Fsp3) is 0.242. The van der Waals surface area contributed by atoms with Crippen LogP contribution in [0.5, 0.6) is 0 Å². The van der Waals surface area contributed by atoms with E-state index in [1.807, 2.05) is 19.9 Å². The minimum absolute atomic E-state index is 0. The van der Waals surface area contributed by atoms with Gasteiger partial charge in [-0.05, 0) is 86.6 Å². The fourth-order valence-electron chi connectivity index (χ4n) is 5.34. The van der Waals surface area contributed by atoms with Crippen molar-refractivity contribution in [2.45, 2.75) is 53.4 Å². The zero-order valence-electron chi connectivity index (χ0n) is 25.4. The summed E-state index contributed by atoms with van der Waals surface area (Å²) >= 11 is 0. The number of nitrogens with zero attached hydrogens (tertiary/aromatic N) is 1. The highest BCUT2D eigenvalue weighted by atomic mass is 35.5. The molecule has 4 heterocycles. The number of aromatic amines is 2. The number of allylic oxidation sites excluding steroid dienone is 2. The van der Waals surface area contributed by atoms with Crippen molar-refractivity contribution >= 4 is 72.5 Å². The molecule has 0 fully saturated rings. The quantitative estimate of drug-likeness (QED) is 0.247. The van der Waals surface area contributed by atoms with Gasteiger partial charge in [-0.1, -0.05) is 25.3 Å². The van der Waals surface area contributed by atoms with Crippen LogP contribution in [-0.2, 0) is 32.0 Å². The highest BCUT2D eigenvalue weighted by molar-refractivity contribution is 6.31. The molecular weight excluding hydrogens is 619 g/mol. The minimum atomic E-state index is -0.941. The second-order valence-electron chi connectivity index (χ2n) is 10.5. The van der Waals surface area contributed by atoms with E-state index in [9.17, 15) is 29.4 Å². The van der Waals surface area contributed by atoms with Gasteiger partial charge in [0, 0.05) is 51.6 Å². The first-order chi connectivity index (χ1) is 20.4. The zero-order valence-corrected chi connectivity index (χ0v) is 27.1. The number of hydrogen-bond acceptors (Lipinski definition) is 4. The molecule has 0 saturated carbocycles. The SMILES string of the molecule is C=CC1=C(C)C(/C=c2\[nH]/c(=C\c3[nH]c(/C=C4\NC(=O)C(C)=C4C=C)c(C)c3CCC(=O)O)c(CCC(=O)O)c2C)=NC1=O.Cl.Cl. The van der Waals surface area contributed by atoms with E-state index in [2.05, 4.69) is 33.4 Å². The number of aromatic nitrogens is 2. The first kappa shape index (κ1) is 36.5. The predicted octanol–water partition coefficient (Wildman–Crippen LogP) is 3.90. The third-order valence-electron chi connectivity index (χ3n) is 7.87. The molecule has 0 bridgehead atoms. The number of carbonyl (C=O) groups is 4. The Balaban J connectivity index is 0.00000353. The monoisotopic (exact) mass is 654 g/mol. The summed E-state index contributed by atoms with van der Waals surface area (Å²) in [6, 6.07) is 0. The Morgan fingerprint density at radius 2 is 1.36 bits per heavy atom. The smallest absolute Gasteiger partial charge is 0.303 e. The van der Waals surface area contributed by atoms with Crippen molar-refractivity contribution in [2.24, 2.45) is 4.99 Å². The molecule has 2 aliphatic heterocycles. The van der Waals surface area contributed by atoms with Gasteiger partial charge in [-0.3, -0.25) is 19.2 Å². The second kappa shape index (κ2) is 14.9. The van der Waals surface area contributed by atoms with Gasteiger partial charge in [-0.25, -0.2) is 4.99 Å². The third-order valence-corrected chi connectivity index (χ3v) is 7.87. The number of carbonyl (C=O) groups excluding carboxylic acids is 2. The molecule has 238 valence electrons. The Labute approximate surface area is 272 Å². The highest BCUT2D eigenvalue weighted by Crippen LogP contribution is 2.27. The van der Waals surface area contributed by atoms with Crippen molar-refractivity contribution in [1.82, 2.24) is 15.3 Å². The lowest BCUT2D eigenvalue weighted by Gasteiger charge is -2.02. The van der Waals surface area contributed by atoms with Gasteiger partial charge < -0.3 is 25.5 Å². The van der Waals surface area contributed by atoms with Gasteiger partial charge in [0.15, 0.2) is 0 Å². The Bertz CT molecular complexity index is 1870. The molecule has 0 radical (unpaired) electrons. The summed E-state index contributed by atoms with van der Waals surface area (Å²) in [5, 5.41) is 23.0. The van der Waals surface area contributed by atoms with Crippen LogP contribution in [-0.4, -0.2) is 49.6 Å². The molecule has 0 unspecified atom stereocenters. The minimum Gasteiger partial charge on any atom is -0.481 e. The van der Waals surface area contributed by atoms with Crippen LogP contribution in [0.15, 0.2) is 58.3 Å². The number of carboxylic acid groups (broad SMARTS) is 2. The van der Waals surface area contributed by atoms with Crippen molar-refractivity contribution in [1.29, 1.82) is 0 Å². The lowest BCUT2D eigenvalue weighted by atomic mass is 10.0. The molecule has 0 aliphatic carbocycles. The van der Waals surface area contributed by atoms with Crippen LogP contribution in [0.1, 0.15) is 60.3 Å². The van der Waals surface area contributed by atoms with Gasteiger partial charge >= 0.3 is 11.9 Å². The van der Waals surface area contributed by atoms with Gasteiger partial charge in [-0.15, -0.1) is 24.8 Å². The van der Waals surface area contributed by atoms with Crippen molar-refractivity contribution < 1.29 is 29.4 Å². The highest BCUT2D eigenvalue weighted by Gasteiger charge is 2.23. The summed E-state index contributed by atoms with van der Waals surface area (Å²) < 4.78 is 0. The number of carboxylic acids is 2. The van der Waals surface area contributed by atoms with Crippen LogP contribution >= 0.6 is 24.8 Å². The van der Waals surface area contributed by atoms with E-state index in [1.54, 1.807) is 32.1 Å². The number of rotatable bonds is 11. The van der Waals surface area contributed by atoms with Gasteiger partial charge in [0.2, 0.25) is 0 Å². The number of hydrogen-bond donors (Lipinski definition) is 5. The van der Waals surface area contributed by atoms with Crippen LogP contribution in [0, 0.1) is 13.8 Å². The van der Waals surface area contributed by atoms with Gasteiger partial charge in [0.25, 0.3) is 11.8 Å². The molecule has 45 heavy (non-hydrogen) atoms. The number of aliphatic carboxylic acids is 2. The lowest BCUT2D eigenvalue weighted by molar-refractivity contribution is -0.138. The average molecular weight is 656 g/mol. The Morgan fingerprint density at radius 1 is 0.756 bits per heavy atom. The molecule has 0 saturated heterocycles. The van der Waals surface area contributed by atoms with E-state index in [0.717, 1.165) is 22.3 Å². The average Bonchev–Trinajstić information content (AvgIpc) is 3.59. The Hall–Kier alpha value is -4.67. The summed E-state index contributed by atoms with van der Waals surface area (Å²) in [6.07, 6.45) is 8.80. The summed E-state index contributed by atoms with van der Waals surface area (Å²) in [7, 11) is 0. The number of aliphatic imine (C=N–C) groups is 1. The van der Waals surface area contributed by atoms with Crippen LogP contribution in [0.4, 0.5) is 0 Å². The van der Waals surface area contributed by atoms with E-state index in [-0.39, 0.29) is 62.3 Å². The molecule has 2 aliphatic rings. The Kier molecular flexibility index (Phi) is 12.1. The first-order valence-corrected chi connectivity index (χ1v) is 13.8. The van der Waals surface area contributed by atoms with E-state index < -0.39 is 11.9 Å². The third kappa shape index (κ3) is 7.53. The summed E-state index contributed by atoms with van der Waals surface area (Å²) in [5.74, 6) is -2.46. The molecule has 12 heteroatoms. The number of H-pyrrole nitrogens is 2. The summed E-state index contributed by atoms with van der Waals surface area (Å²) in [5.41, 5.74) is 7.97. The van der Waals surface area contributed by atoms with E-state index >= 15 is 0 Å². The maximum Gasteiger partial charge on any atom is 0.303 e. The van der Waals surface area contributed by atoms with Crippen LogP contribution < -0.4 is 16.0 Å². The van der Waals surface area contributed by atoms with E-state index in [1.165, 1.54) is 6.08 Å². The fourth-order valence-corrected chi connectivity index (χ4v) is 5.34. The molecule has 0 atom stereocenters. The summed E-state index contributed by atoms with van der Waals surface area (Å²) in [6.45, 7) is 14.8. The maximum absolute atomic E-state index is 12.3. The zero-order chi connectivity index (χ0) is 31.6. The van der Waals surface area contributed by atoms with E-state index in [4.69, 9.17) is 0 Å². The van der Waals surface area contributed by atoms with Crippen LogP contribution in [0.3, 0.4) is 0 Å². The Morgan fingerprint density at radius 3 is 1.91 bits per heavy atom. The molecule has 2 aromatic heterocycles. The molecule has 5 N–H and O–H groups in total. The first-order valence-electron chi connectivity index (χ1n) is 13.8. The van der Waals surface area contributed by atoms with Crippen molar-refractivity contribution in [3.8, 4) is 0 Å². The van der Waals surface area contributed by atoms with Crippen molar-refractivity contribution in [2.75, 3.05) is 0 Å².